The van der Waals surface area contributed by atoms with Gasteiger partial charge in [-0.05, 0) is 32.1 Å². The van der Waals surface area contributed by atoms with E-state index in [0.717, 1.165) is 38.6 Å². The van der Waals surface area contributed by atoms with Gasteiger partial charge >= 0.3 is 0 Å². The van der Waals surface area contributed by atoms with Crippen LogP contribution in [0.25, 0.3) is 0 Å². The predicted octanol–water partition coefficient (Wildman–Crippen LogP) is 3.43. The van der Waals surface area contributed by atoms with Crippen molar-refractivity contribution in [2.75, 3.05) is 6.54 Å². The Bertz CT molecular complexity index is 175. The molecule has 0 unspecified atom stereocenters. The van der Waals surface area contributed by atoms with E-state index in [4.69, 9.17) is 0 Å². The van der Waals surface area contributed by atoms with Crippen LogP contribution in [0.3, 0.4) is 0 Å². The Morgan fingerprint density at radius 3 is 2.60 bits per heavy atom. The van der Waals surface area contributed by atoms with Crippen molar-refractivity contribution in [3.8, 4) is 0 Å². The Morgan fingerprint density at radius 1 is 1.13 bits per heavy atom. The molecule has 0 aliphatic heterocycles. The molecule has 0 fully saturated rings. The summed E-state index contributed by atoms with van der Waals surface area (Å²) < 4.78 is 0. The van der Waals surface area contributed by atoms with Crippen molar-refractivity contribution in [3.63, 3.8) is 0 Å². The molecule has 0 atom stereocenters. The molecule has 0 aliphatic rings. The third kappa shape index (κ3) is 11.1. The standard InChI is InChI=1S/C13H25NO/c1-3-5-7-8-9-10-12-14-13(15)11-6-4-2/h5,7H,3-4,6,8-12H2,1-2H3,(H,14,15)/b7-5-. The Morgan fingerprint density at radius 2 is 1.93 bits per heavy atom. The van der Waals surface area contributed by atoms with Gasteiger partial charge in [0.15, 0.2) is 0 Å². The lowest BCUT2D eigenvalue weighted by Crippen LogP contribution is -2.23. The van der Waals surface area contributed by atoms with Crippen LogP contribution in [0.1, 0.15) is 58.8 Å². The molecule has 0 rings (SSSR count). The molecule has 1 amide bonds. The van der Waals surface area contributed by atoms with Crippen LogP contribution in [0, 0.1) is 0 Å². The Balaban J connectivity index is 3.16. The maximum atomic E-state index is 11.2. The fraction of sp³-hybridized carbons (Fsp3) is 0.769. The SMILES string of the molecule is CC/C=C\CCCCNC(=O)CCCC. The first-order valence-corrected chi connectivity index (χ1v) is 6.23. The van der Waals surface area contributed by atoms with E-state index in [1.54, 1.807) is 0 Å². The zero-order valence-electron chi connectivity index (χ0n) is 10.2. The molecule has 0 radical (unpaired) electrons. The first kappa shape index (κ1) is 14.2. The fourth-order valence-corrected chi connectivity index (χ4v) is 1.33. The van der Waals surface area contributed by atoms with Crippen LogP contribution >= 0.6 is 0 Å². The van der Waals surface area contributed by atoms with Crippen molar-refractivity contribution in [3.05, 3.63) is 12.2 Å². The van der Waals surface area contributed by atoms with Gasteiger partial charge in [-0.25, -0.2) is 0 Å². The van der Waals surface area contributed by atoms with Crippen LogP contribution in [0.15, 0.2) is 12.2 Å². The topological polar surface area (TPSA) is 29.1 Å². The summed E-state index contributed by atoms with van der Waals surface area (Å²) in [4.78, 5) is 11.2. The van der Waals surface area contributed by atoms with Crippen molar-refractivity contribution in [2.45, 2.75) is 58.8 Å². The number of amides is 1. The van der Waals surface area contributed by atoms with Crippen molar-refractivity contribution in [2.24, 2.45) is 0 Å². The van der Waals surface area contributed by atoms with E-state index in [-0.39, 0.29) is 5.91 Å². The molecular formula is C13H25NO. The minimum atomic E-state index is 0.209. The summed E-state index contributed by atoms with van der Waals surface area (Å²) in [5, 5.41) is 2.95. The summed E-state index contributed by atoms with van der Waals surface area (Å²) in [6.45, 7) is 5.08. The molecule has 0 bridgehead atoms. The van der Waals surface area contributed by atoms with Gasteiger partial charge in [-0.1, -0.05) is 32.4 Å². The highest BCUT2D eigenvalue weighted by Gasteiger charge is 1.97. The zero-order chi connectivity index (χ0) is 11.4. The average molecular weight is 211 g/mol. The van der Waals surface area contributed by atoms with Crippen LogP contribution < -0.4 is 5.32 Å². The molecular weight excluding hydrogens is 186 g/mol. The molecule has 88 valence electrons. The minimum Gasteiger partial charge on any atom is -0.356 e. The quantitative estimate of drug-likeness (QED) is 0.459. The monoisotopic (exact) mass is 211 g/mol. The van der Waals surface area contributed by atoms with E-state index in [2.05, 4.69) is 31.3 Å². The van der Waals surface area contributed by atoms with E-state index in [1.165, 1.54) is 6.42 Å². The Hall–Kier alpha value is -0.790. The highest BCUT2D eigenvalue weighted by Crippen LogP contribution is 1.97. The van der Waals surface area contributed by atoms with E-state index in [9.17, 15) is 4.79 Å². The number of allylic oxidation sites excluding steroid dienone is 2. The highest BCUT2D eigenvalue weighted by molar-refractivity contribution is 5.75. The van der Waals surface area contributed by atoms with Crippen LogP contribution in [0.2, 0.25) is 0 Å². The van der Waals surface area contributed by atoms with Gasteiger partial charge in [-0.3, -0.25) is 4.79 Å². The molecule has 2 nitrogen and oxygen atoms in total. The lowest BCUT2D eigenvalue weighted by molar-refractivity contribution is -0.121. The van der Waals surface area contributed by atoms with Crippen molar-refractivity contribution in [1.82, 2.24) is 5.32 Å². The molecule has 0 heterocycles. The molecule has 0 aromatic rings. The molecule has 0 aromatic carbocycles. The largest absolute Gasteiger partial charge is 0.356 e. The summed E-state index contributed by atoms with van der Waals surface area (Å²) in [6, 6.07) is 0. The fourth-order valence-electron chi connectivity index (χ4n) is 1.33. The zero-order valence-corrected chi connectivity index (χ0v) is 10.2. The second-order valence-electron chi connectivity index (χ2n) is 3.83. The maximum absolute atomic E-state index is 11.2. The minimum absolute atomic E-state index is 0.209. The van der Waals surface area contributed by atoms with Gasteiger partial charge in [0.05, 0.1) is 0 Å². The van der Waals surface area contributed by atoms with Crippen LogP contribution in [0.4, 0.5) is 0 Å². The second-order valence-corrected chi connectivity index (χ2v) is 3.83. The second kappa shape index (κ2) is 11.3. The Labute approximate surface area is 94.1 Å². The van der Waals surface area contributed by atoms with E-state index in [0.29, 0.717) is 6.42 Å². The summed E-state index contributed by atoms with van der Waals surface area (Å²) in [5.41, 5.74) is 0. The van der Waals surface area contributed by atoms with Crippen LogP contribution in [0.5, 0.6) is 0 Å². The molecule has 15 heavy (non-hydrogen) atoms. The first-order chi connectivity index (χ1) is 7.31. The summed E-state index contributed by atoms with van der Waals surface area (Å²) in [5.74, 6) is 0.209. The van der Waals surface area contributed by atoms with Gasteiger partial charge in [0.25, 0.3) is 0 Å². The molecule has 2 heteroatoms. The van der Waals surface area contributed by atoms with Gasteiger partial charge in [0, 0.05) is 13.0 Å². The lowest BCUT2D eigenvalue weighted by Gasteiger charge is -2.03. The Kier molecular flexibility index (Phi) is 10.7. The van der Waals surface area contributed by atoms with Gasteiger partial charge in [-0.15, -0.1) is 0 Å². The van der Waals surface area contributed by atoms with Crippen molar-refractivity contribution >= 4 is 5.91 Å². The number of carbonyl (C=O) groups excluding carboxylic acids is 1. The third-order valence-electron chi connectivity index (χ3n) is 2.28. The van der Waals surface area contributed by atoms with Gasteiger partial charge in [0.1, 0.15) is 0 Å². The molecule has 0 saturated carbocycles. The van der Waals surface area contributed by atoms with E-state index < -0.39 is 0 Å². The number of hydrogen-bond acceptors (Lipinski definition) is 1. The number of rotatable bonds is 9. The number of unbranched alkanes of at least 4 members (excludes halogenated alkanes) is 3. The first-order valence-electron chi connectivity index (χ1n) is 6.23. The highest BCUT2D eigenvalue weighted by atomic mass is 16.1. The summed E-state index contributed by atoms with van der Waals surface area (Å²) >= 11 is 0. The normalized spacial score (nSPS) is 10.8. The van der Waals surface area contributed by atoms with E-state index in [1.807, 2.05) is 0 Å². The number of hydrogen-bond donors (Lipinski definition) is 1. The van der Waals surface area contributed by atoms with Gasteiger partial charge in [-0.2, -0.15) is 0 Å². The van der Waals surface area contributed by atoms with Crippen LogP contribution in [-0.2, 0) is 4.79 Å². The molecule has 1 N–H and O–H groups in total. The van der Waals surface area contributed by atoms with Crippen molar-refractivity contribution < 1.29 is 4.79 Å². The summed E-state index contributed by atoms with van der Waals surface area (Å²) in [6.07, 6.45) is 11.7. The molecule has 0 saturated heterocycles. The summed E-state index contributed by atoms with van der Waals surface area (Å²) in [7, 11) is 0. The third-order valence-corrected chi connectivity index (χ3v) is 2.28. The predicted molar refractivity (Wildman–Crippen MR) is 65.8 cm³/mol. The molecule has 0 aliphatic carbocycles. The maximum Gasteiger partial charge on any atom is 0.219 e. The number of carbonyl (C=O) groups is 1. The van der Waals surface area contributed by atoms with Gasteiger partial charge < -0.3 is 5.32 Å². The molecule has 0 aromatic heterocycles. The van der Waals surface area contributed by atoms with E-state index >= 15 is 0 Å². The smallest absolute Gasteiger partial charge is 0.219 e. The van der Waals surface area contributed by atoms with Gasteiger partial charge in [0.2, 0.25) is 5.91 Å². The van der Waals surface area contributed by atoms with Crippen LogP contribution in [-0.4, -0.2) is 12.5 Å². The number of nitrogens with one attached hydrogen (secondary N) is 1. The average Bonchev–Trinajstić information content (AvgIpc) is 2.25. The van der Waals surface area contributed by atoms with Crippen molar-refractivity contribution in [1.29, 1.82) is 0 Å². The lowest BCUT2D eigenvalue weighted by atomic mass is 10.2. The molecule has 0 spiro atoms.